The van der Waals surface area contributed by atoms with Crippen molar-refractivity contribution in [3.8, 4) is 0 Å². The van der Waals surface area contributed by atoms with Gasteiger partial charge in [0.05, 0.1) is 25.1 Å². The van der Waals surface area contributed by atoms with Gasteiger partial charge in [-0.1, -0.05) is 0 Å². The summed E-state index contributed by atoms with van der Waals surface area (Å²) < 4.78 is 60.2. The number of hydrogen-bond donors (Lipinski definition) is 6. The third kappa shape index (κ3) is 5.91. The number of aromatic nitrogens is 4. The molecular weight excluding hydrogens is 539 g/mol. The minimum Gasteiger partial charge on any atom is -0.369 e. The first kappa shape index (κ1) is 26.5. The average molecular weight is 561 g/mol. The molecule has 0 radical (unpaired) electrons. The highest BCUT2D eigenvalue weighted by atomic mass is 31.3. The number of nitrogens with one attached hydrogen (secondary N) is 1. The lowest BCUT2D eigenvalue weighted by Gasteiger charge is -2.24. The first-order valence-electron chi connectivity index (χ1n) is 9.82. The molecule has 2 aromatic rings. The summed E-state index contributed by atoms with van der Waals surface area (Å²) in [7, 11) is -16.5. The topological polar surface area (TPSA) is 268 Å². The molecule has 2 unspecified atom stereocenters. The highest BCUT2D eigenvalue weighted by Gasteiger charge is 2.55. The van der Waals surface area contributed by atoms with E-state index in [4.69, 9.17) is 29.5 Å². The molecule has 7 N–H and O–H groups in total. The van der Waals surface area contributed by atoms with Crippen LogP contribution in [-0.4, -0.2) is 63.7 Å². The van der Waals surface area contributed by atoms with Crippen molar-refractivity contribution >= 4 is 40.6 Å². The summed E-state index contributed by atoms with van der Waals surface area (Å²) in [6.07, 6.45) is 0.229. The van der Waals surface area contributed by atoms with Crippen LogP contribution in [-0.2, 0) is 36.3 Å². The lowest BCUT2D eigenvalue weighted by Crippen LogP contribution is -2.28. The molecule has 1 aliphatic heterocycles. The van der Waals surface area contributed by atoms with E-state index in [1.54, 1.807) is 18.4 Å². The van der Waals surface area contributed by atoms with Crippen molar-refractivity contribution < 1.29 is 55.9 Å². The van der Waals surface area contributed by atoms with E-state index in [2.05, 4.69) is 23.6 Å². The van der Waals surface area contributed by atoms with Gasteiger partial charge in [0.25, 0.3) is 5.56 Å². The predicted molar refractivity (Wildman–Crippen MR) is 113 cm³/mol. The van der Waals surface area contributed by atoms with E-state index >= 15 is 0 Å². The molecule has 0 amide bonds. The average Bonchev–Trinajstić information content (AvgIpc) is 3.28. The van der Waals surface area contributed by atoms with Crippen LogP contribution in [0.15, 0.2) is 11.1 Å². The molecular formula is C14H22N5O13P3. The highest BCUT2D eigenvalue weighted by Crippen LogP contribution is 2.66. The molecule has 0 aromatic carbocycles. The quantitative estimate of drug-likeness (QED) is 0.234. The van der Waals surface area contributed by atoms with Crippen LogP contribution in [0.2, 0.25) is 0 Å². The van der Waals surface area contributed by atoms with Gasteiger partial charge in [0.1, 0.15) is 6.10 Å². The SMILES string of the molecule is CC1(C)O[C@H]2[C@@H](COP(=O)(O)OP(=O)(O)OP(=O)(O)O)C[C@@H](n3cnc4c(=O)[nH]c(N)nc43)[C@H]2O1. The summed E-state index contributed by atoms with van der Waals surface area (Å²) >= 11 is 0. The number of phosphoric ester groups is 1. The Morgan fingerprint density at radius 3 is 2.49 bits per heavy atom. The third-order valence-electron chi connectivity index (χ3n) is 5.23. The Morgan fingerprint density at radius 2 is 1.83 bits per heavy atom. The van der Waals surface area contributed by atoms with Gasteiger partial charge >= 0.3 is 23.5 Å². The molecule has 21 heteroatoms. The van der Waals surface area contributed by atoms with Crippen molar-refractivity contribution in [2.75, 3.05) is 12.3 Å². The second kappa shape index (κ2) is 8.80. The fourth-order valence-corrected chi connectivity index (χ4v) is 7.25. The molecule has 1 saturated heterocycles. The van der Waals surface area contributed by atoms with E-state index in [1.165, 1.54) is 6.33 Å². The minimum absolute atomic E-state index is 0.0330. The maximum Gasteiger partial charge on any atom is 0.490 e. The zero-order valence-electron chi connectivity index (χ0n) is 18.0. The smallest absolute Gasteiger partial charge is 0.369 e. The van der Waals surface area contributed by atoms with E-state index in [9.17, 15) is 28.3 Å². The van der Waals surface area contributed by atoms with Crippen molar-refractivity contribution in [3.63, 3.8) is 0 Å². The van der Waals surface area contributed by atoms with Crippen molar-refractivity contribution in [1.29, 1.82) is 0 Å². The van der Waals surface area contributed by atoms with Gasteiger partial charge in [-0.3, -0.25) is 14.3 Å². The lowest BCUT2D eigenvalue weighted by molar-refractivity contribution is -0.161. The number of nitrogen functional groups attached to an aromatic ring is 1. The Labute approximate surface area is 195 Å². The minimum atomic E-state index is -5.65. The maximum absolute atomic E-state index is 12.1. The Balaban J connectivity index is 1.55. The second-order valence-electron chi connectivity index (χ2n) is 8.29. The van der Waals surface area contributed by atoms with Gasteiger partial charge in [0.2, 0.25) is 5.95 Å². The van der Waals surface area contributed by atoms with Gasteiger partial charge in [0.15, 0.2) is 17.0 Å². The van der Waals surface area contributed by atoms with Crippen LogP contribution in [0.1, 0.15) is 26.3 Å². The number of fused-ring (bicyclic) bond motifs is 2. The van der Waals surface area contributed by atoms with Gasteiger partial charge in [-0.25, -0.2) is 18.7 Å². The fraction of sp³-hybridized carbons (Fsp3) is 0.643. The number of rotatable bonds is 8. The molecule has 1 saturated carbocycles. The summed E-state index contributed by atoms with van der Waals surface area (Å²) in [4.78, 5) is 59.0. The summed E-state index contributed by atoms with van der Waals surface area (Å²) in [5.41, 5.74) is 5.32. The third-order valence-corrected chi connectivity index (χ3v) is 9.03. The zero-order chi connectivity index (χ0) is 26.0. The number of nitrogens with zero attached hydrogens (tertiary/aromatic N) is 3. The maximum atomic E-state index is 12.1. The van der Waals surface area contributed by atoms with Gasteiger partial charge in [-0.15, -0.1) is 0 Å². The first-order chi connectivity index (χ1) is 16.0. The number of hydrogen-bond acceptors (Lipinski definition) is 12. The number of H-pyrrole nitrogens is 1. The van der Waals surface area contributed by atoms with Crippen molar-refractivity contribution in [3.05, 3.63) is 16.7 Å². The Kier molecular flexibility index (Phi) is 6.67. The van der Waals surface area contributed by atoms with Crippen LogP contribution in [0.25, 0.3) is 11.2 Å². The van der Waals surface area contributed by atoms with Crippen molar-refractivity contribution in [2.24, 2.45) is 5.92 Å². The molecule has 0 spiro atoms. The molecule has 18 nitrogen and oxygen atoms in total. The number of ether oxygens (including phenoxy) is 2. The Bertz CT molecular complexity index is 1340. The molecule has 6 atom stereocenters. The number of imidazole rings is 1. The van der Waals surface area contributed by atoms with Crippen molar-refractivity contribution in [1.82, 2.24) is 19.5 Å². The van der Waals surface area contributed by atoms with E-state index < -0.39 is 65.6 Å². The monoisotopic (exact) mass is 561 g/mol. The van der Waals surface area contributed by atoms with E-state index in [-0.39, 0.29) is 23.5 Å². The second-order valence-corrected chi connectivity index (χ2v) is 12.7. The number of aromatic amines is 1. The fourth-order valence-electron chi connectivity index (χ4n) is 4.17. The van der Waals surface area contributed by atoms with E-state index in [0.29, 0.717) is 0 Å². The summed E-state index contributed by atoms with van der Waals surface area (Å²) in [5.74, 6) is -1.83. The molecule has 2 fully saturated rings. The number of phosphoric acid groups is 3. The van der Waals surface area contributed by atoms with Gasteiger partial charge in [-0.2, -0.15) is 13.6 Å². The van der Waals surface area contributed by atoms with Crippen LogP contribution in [0.5, 0.6) is 0 Å². The zero-order valence-corrected chi connectivity index (χ0v) is 20.7. The van der Waals surface area contributed by atoms with Gasteiger partial charge < -0.3 is 39.3 Å². The number of anilines is 1. The van der Waals surface area contributed by atoms with Crippen molar-refractivity contribution in [2.45, 2.75) is 44.3 Å². The van der Waals surface area contributed by atoms with Crippen LogP contribution in [0.4, 0.5) is 5.95 Å². The summed E-state index contributed by atoms with van der Waals surface area (Å²) in [6, 6.07) is -0.532. The first-order valence-corrected chi connectivity index (χ1v) is 14.3. The molecule has 2 aliphatic rings. The van der Waals surface area contributed by atoms with Crippen LogP contribution < -0.4 is 11.3 Å². The van der Waals surface area contributed by atoms with Gasteiger partial charge in [0, 0.05) is 5.92 Å². The normalized spacial score (nSPS) is 29.7. The summed E-state index contributed by atoms with van der Waals surface area (Å²) in [5, 5.41) is 0. The molecule has 196 valence electrons. The standard InChI is InChI=1S/C14H22N5O13P3/c1-14(2)29-9-6(4-28-34(24,25)32-35(26,27)31-33(21,22)23)3-7(10(9)30-14)19-5-16-8-11(19)17-13(15)18-12(8)20/h5-7,9-10H,3-4H2,1-2H3,(H,24,25)(H,26,27)(H2,21,22,23)(H3,15,17,18,20)/t6-,7-,9+,10-/m1/s1. The van der Waals surface area contributed by atoms with Crippen LogP contribution >= 0.6 is 23.5 Å². The Hall–Kier alpha value is -1.52. The largest absolute Gasteiger partial charge is 0.490 e. The van der Waals surface area contributed by atoms with Crippen LogP contribution in [0.3, 0.4) is 0 Å². The lowest BCUT2D eigenvalue weighted by atomic mass is 10.1. The molecule has 1 aliphatic carbocycles. The molecule has 35 heavy (non-hydrogen) atoms. The molecule has 3 heterocycles. The van der Waals surface area contributed by atoms with E-state index in [1.807, 2.05) is 0 Å². The molecule has 0 bridgehead atoms. The molecule has 4 rings (SSSR count). The van der Waals surface area contributed by atoms with E-state index in [0.717, 1.165) is 0 Å². The molecule has 2 aromatic heterocycles. The number of nitrogens with two attached hydrogens (primary N) is 1. The predicted octanol–water partition coefficient (Wildman–Crippen LogP) is 0.126. The Morgan fingerprint density at radius 1 is 1.17 bits per heavy atom. The highest BCUT2D eigenvalue weighted by molar-refractivity contribution is 7.66. The van der Waals surface area contributed by atoms with Crippen LogP contribution in [0, 0.1) is 5.92 Å². The van der Waals surface area contributed by atoms with Gasteiger partial charge in [-0.05, 0) is 20.3 Å². The summed E-state index contributed by atoms with van der Waals surface area (Å²) in [6.45, 7) is 2.74.